The normalized spacial score (nSPS) is 21.3. The average Bonchev–Trinajstić information content (AvgIpc) is 2.47. The Morgan fingerprint density at radius 2 is 2.22 bits per heavy atom. The molecule has 2 amide bonds. The highest BCUT2D eigenvalue weighted by Crippen LogP contribution is 2.21. The van der Waals surface area contributed by atoms with Crippen LogP contribution in [-0.4, -0.2) is 47.9 Å². The summed E-state index contributed by atoms with van der Waals surface area (Å²) in [5, 5.41) is 12.8. The molecule has 1 atom stereocenters. The van der Waals surface area contributed by atoms with Crippen LogP contribution >= 0.6 is 0 Å². The molecule has 1 heterocycles. The number of nitrogens with zero attached hydrogens (tertiary/aromatic N) is 1. The van der Waals surface area contributed by atoms with Crippen molar-refractivity contribution in [1.82, 2.24) is 10.2 Å². The highest BCUT2D eigenvalue weighted by Gasteiger charge is 2.30. The number of benzene rings is 1. The minimum atomic E-state index is -2.87. The smallest absolute Gasteiger partial charge is 0.387 e. The number of para-hydroxylation sites is 1. The number of likely N-dealkylation sites (tertiary alicyclic amines) is 1. The Balaban J connectivity index is 1.84. The summed E-state index contributed by atoms with van der Waals surface area (Å²) in [5.74, 6) is 0.123. The number of β-amino-alcohol motifs (C(OH)–C–C–N with tert-alkyl or cyclic N) is 1. The van der Waals surface area contributed by atoms with Crippen molar-refractivity contribution in [3.05, 3.63) is 29.8 Å². The minimum Gasteiger partial charge on any atom is -0.435 e. The summed E-state index contributed by atoms with van der Waals surface area (Å²) >= 11 is 0. The Labute approximate surface area is 134 Å². The van der Waals surface area contributed by atoms with E-state index in [4.69, 9.17) is 0 Å². The van der Waals surface area contributed by atoms with E-state index >= 15 is 0 Å². The minimum absolute atomic E-state index is 0.123. The molecular weight excluding hydrogens is 306 g/mol. The zero-order chi connectivity index (χ0) is 16.9. The number of piperidine rings is 1. The van der Waals surface area contributed by atoms with Gasteiger partial charge < -0.3 is 20.1 Å². The zero-order valence-corrected chi connectivity index (χ0v) is 13.1. The highest BCUT2D eigenvalue weighted by molar-refractivity contribution is 5.74. The molecule has 1 aromatic carbocycles. The summed E-state index contributed by atoms with van der Waals surface area (Å²) in [5.41, 5.74) is -0.244. The summed E-state index contributed by atoms with van der Waals surface area (Å²) < 4.78 is 29.1. The summed E-state index contributed by atoms with van der Waals surface area (Å²) in [6, 6.07) is 6.27. The lowest BCUT2D eigenvalue weighted by Gasteiger charge is -2.36. The number of rotatable bonds is 5. The summed E-state index contributed by atoms with van der Waals surface area (Å²) in [6.45, 7) is 0.0453. The van der Waals surface area contributed by atoms with Crippen molar-refractivity contribution in [1.29, 1.82) is 0 Å². The zero-order valence-electron chi connectivity index (χ0n) is 13.1. The van der Waals surface area contributed by atoms with Gasteiger partial charge in [0.05, 0.1) is 12.1 Å². The number of nitrogens with one attached hydrogen (secondary N) is 1. The molecule has 0 spiro atoms. The first-order chi connectivity index (χ1) is 10.9. The molecule has 7 heteroatoms. The molecule has 1 aliphatic rings. The number of alkyl halides is 2. The van der Waals surface area contributed by atoms with Gasteiger partial charge in [0.25, 0.3) is 0 Å². The van der Waals surface area contributed by atoms with E-state index in [1.807, 2.05) is 0 Å². The van der Waals surface area contributed by atoms with E-state index in [1.54, 1.807) is 30.0 Å². The van der Waals surface area contributed by atoms with Crippen LogP contribution in [0.1, 0.15) is 25.3 Å². The van der Waals surface area contributed by atoms with Crippen molar-refractivity contribution in [2.75, 3.05) is 19.6 Å². The second-order valence-corrected chi connectivity index (χ2v) is 5.99. The first kappa shape index (κ1) is 17.5. The van der Waals surface area contributed by atoms with Gasteiger partial charge in [-0.2, -0.15) is 8.78 Å². The molecule has 2 rings (SSSR count). The van der Waals surface area contributed by atoms with E-state index in [-0.39, 0.29) is 11.8 Å². The Bertz CT molecular complexity index is 538. The molecule has 2 N–H and O–H groups in total. The van der Waals surface area contributed by atoms with Gasteiger partial charge in [-0.05, 0) is 37.8 Å². The van der Waals surface area contributed by atoms with Gasteiger partial charge in [0.15, 0.2) is 0 Å². The number of ether oxygens (including phenoxy) is 1. The van der Waals surface area contributed by atoms with Crippen LogP contribution in [0.15, 0.2) is 24.3 Å². The molecule has 0 radical (unpaired) electrons. The lowest BCUT2D eigenvalue weighted by atomic mass is 9.95. The van der Waals surface area contributed by atoms with Crippen molar-refractivity contribution in [3.63, 3.8) is 0 Å². The standard InChI is InChI=1S/C16H22F2N2O3/c1-16(22)8-4-10-20(11-16)15(21)19-9-7-12-5-2-3-6-13(12)23-14(17)18/h2-3,5-6,14,22H,4,7-11H2,1H3,(H,19,21)/t16-/m1/s1. The highest BCUT2D eigenvalue weighted by atomic mass is 19.3. The lowest BCUT2D eigenvalue weighted by Crippen LogP contribution is -2.52. The fourth-order valence-electron chi connectivity index (χ4n) is 2.73. The second-order valence-electron chi connectivity index (χ2n) is 5.99. The first-order valence-electron chi connectivity index (χ1n) is 7.65. The van der Waals surface area contributed by atoms with Crippen LogP contribution in [0.4, 0.5) is 13.6 Å². The molecule has 0 unspecified atom stereocenters. The molecule has 1 aromatic rings. The molecule has 23 heavy (non-hydrogen) atoms. The van der Waals surface area contributed by atoms with Gasteiger partial charge in [0, 0.05) is 13.1 Å². The van der Waals surface area contributed by atoms with E-state index in [2.05, 4.69) is 10.1 Å². The van der Waals surface area contributed by atoms with Crippen LogP contribution in [0.5, 0.6) is 5.75 Å². The van der Waals surface area contributed by atoms with E-state index in [1.165, 1.54) is 6.07 Å². The van der Waals surface area contributed by atoms with Crippen LogP contribution in [0, 0.1) is 0 Å². The molecule has 1 fully saturated rings. The molecule has 1 saturated heterocycles. The quantitative estimate of drug-likeness (QED) is 0.872. The Morgan fingerprint density at radius 3 is 2.91 bits per heavy atom. The van der Waals surface area contributed by atoms with E-state index in [0.717, 1.165) is 6.42 Å². The number of carbonyl (C=O) groups excluding carboxylic acids is 1. The predicted molar refractivity (Wildman–Crippen MR) is 81.6 cm³/mol. The predicted octanol–water partition coefficient (Wildman–Crippen LogP) is 2.39. The molecule has 0 aromatic heterocycles. The fraction of sp³-hybridized carbons (Fsp3) is 0.562. The van der Waals surface area contributed by atoms with E-state index in [0.29, 0.717) is 38.0 Å². The largest absolute Gasteiger partial charge is 0.435 e. The van der Waals surface area contributed by atoms with Gasteiger partial charge in [-0.25, -0.2) is 4.79 Å². The van der Waals surface area contributed by atoms with Crippen molar-refractivity contribution >= 4 is 6.03 Å². The Hall–Kier alpha value is -1.89. The molecule has 0 aliphatic carbocycles. The third-order valence-electron chi connectivity index (χ3n) is 3.82. The third-order valence-corrected chi connectivity index (χ3v) is 3.82. The number of carbonyl (C=O) groups is 1. The maximum atomic E-state index is 12.3. The Morgan fingerprint density at radius 1 is 1.48 bits per heavy atom. The molecular formula is C16H22F2N2O3. The molecule has 1 aliphatic heterocycles. The van der Waals surface area contributed by atoms with Crippen LogP contribution in [0.3, 0.4) is 0 Å². The molecule has 0 saturated carbocycles. The maximum absolute atomic E-state index is 12.3. The number of amides is 2. The van der Waals surface area contributed by atoms with Gasteiger partial charge in [-0.15, -0.1) is 0 Å². The average molecular weight is 328 g/mol. The molecule has 128 valence electrons. The topological polar surface area (TPSA) is 61.8 Å². The van der Waals surface area contributed by atoms with Gasteiger partial charge in [0.1, 0.15) is 5.75 Å². The lowest BCUT2D eigenvalue weighted by molar-refractivity contribution is -0.0504. The number of urea groups is 1. The van der Waals surface area contributed by atoms with Crippen molar-refractivity contribution in [2.45, 2.75) is 38.4 Å². The molecule has 0 bridgehead atoms. The van der Waals surface area contributed by atoms with Gasteiger partial charge in [0.2, 0.25) is 0 Å². The summed E-state index contributed by atoms with van der Waals surface area (Å²) in [4.78, 5) is 13.7. The van der Waals surface area contributed by atoms with Crippen LogP contribution in [-0.2, 0) is 6.42 Å². The molecule has 5 nitrogen and oxygen atoms in total. The van der Waals surface area contributed by atoms with E-state index < -0.39 is 12.2 Å². The number of halogens is 2. The Kier molecular flexibility index (Phi) is 5.76. The second kappa shape index (κ2) is 7.59. The van der Waals surface area contributed by atoms with Crippen molar-refractivity contribution in [2.24, 2.45) is 0 Å². The maximum Gasteiger partial charge on any atom is 0.387 e. The van der Waals surface area contributed by atoms with Gasteiger partial charge >= 0.3 is 12.6 Å². The first-order valence-corrected chi connectivity index (χ1v) is 7.65. The number of hydrogen-bond donors (Lipinski definition) is 2. The monoisotopic (exact) mass is 328 g/mol. The fourth-order valence-corrected chi connectivity index (χ4v) is 2.73. The summed E-state index contributed by atoms with van der Waals surface area (Å²) in [7, 11) is 0. The number of aliphatic hydroxyl groups is 1. The van der Waals surface area contributed by atoms with E-state index in [9.17, 15) is 18.7 Å². The van der Waals surface area contributed by atoms with Crippen LogP contribution in [0.2, 0.25) is 0 Å². The third kappa shape index (κ3) is 5.35. The van der Waals surface area contributed by atoms with Crippen LogP contribution < -0.4 is 10.1 Å². The SMILES string of the molecule is C[C@@]1(O)CCCN(C(=O)NCCc2ccccc2OC(F)F)C1. The summed E-state index contributed by atoms with van der Waals surface area (Å²) in [6.07, 6.45) is 1.82. The van der Waals surface area contributed by atoms with Gasteiger partial charge in [-0.1, -0.05) is 18.2 Å². The van der Waals surface area contributed by atoms with Crippen molar-refractivity contribution in [3.8, 4) is 5.75 Å². The van der Waals surface area contributed by atoms with Gasteiger partial charge in [-0.3, -0.25) is 0 Å². The van der Waals surface area contributed by atoms with Crippen molar-refractivity contribution < 1.29 is 23.4 Å². The van der Waals surface area contributed by atoms with Crippen LogP contribution in [0.25, 0.3) is 0 Å². The number of hydrogen-bond acceptors (Lipinski definition) is 3.